The van der Waals surface area contributed by atoms with E-state index in [4.69, 9.17) is 8.83 Å². The molecular formula is C20H18N4O4. The third kappa shape index (κ3) is 3.27. The molecule has 2 N–H and O–H groups in total. The molecule has 2 unspecified atom stereocenters. The molecule has 3 heterocycles. The number of carbonyl (C=O) groups is 2. The summed E-state index contributed by atoms with van der Waals surface area (Å²) in [5.41, 5.74) is 3.62. The second-order valence-corrected chi connectivity index (χ2v) is 6.25. The normalized spacial score (nSPS) is 17.2. The van der Waals surface area contributed by atoms with Crippen LogP contribution in [0.4, 0.5) is 5.69 Å². The van der Waals surface area contributed by atoms with Crippen molar-refractivity contribution >= 4 is 23.7 Å². The standard InChI is InChI=1S/C20H18N4O4/c1-13(19(25)23-21-12-14-6-4-10-27-14)24-18(17-9-5-11-28-17)22-16-8-3-2-7-15(16)20(24)26/h2-13,18,22H,1H3,(H,23,25)/b21-12+. The van der Waals surface area contributed by atoms with E-state index in [2.05, 4.69) is 15.8 Å². The molecule has 3 aromatic rings. The quantitative estimate of drug-likeness (QED) is 0.525. The topological polar surface area (TPSA) is 100 Å². The Morgan fingerprint density at radius 1 is 1.18 bits per heavy atom. The number of para-hydroxylation sites is 1. The first kappa shape index (κ1) is 17.6. The smallest absolute Gasteiger partial charge is 0.262 e. The first-order chi connectivity index (χ1) is 13.6. The molecular weight excluding hydrogens is 360 g/mol. The van der Waals surface area contributed by atoms with Crippen LogP contribution in [0.25, 0.3) is 0 Å². The minimum absolute atomic E-state index is 0.270. The maximum Gasteiger partial charge on any atom is 0.262 e. The number of anilines is 1. The summed E-state index contributed by atoms with van der Waals surface area (Å²) in [6.07, 6.45) is 3.81. The average molecular weight is 378 g/mol. The molecule has 0 spiro atoms. The maximum atomic E-state index is 13.1. The van der Waals surface area contributed by atoms with Crippen LogP contribution in [0.15, 0.2) is 75.0 Å². The molecule has 1 aliphatic rings. The molecule has 2 aromatic heterocycles. The average Bonchev–Trinajstić information content (AvgIpc) is 3.41. The molecule has 1 aliphatic heterocycles. The molecule has 142 valence electrons. The largest absolute Gasteiger partial charge is 0.465 e. The van der Waals surface area contributed by atoms with Gasteiger partial charge in [-0.3, -0.25) is 14.5 Å². The van der Waals surface area contributed by atoms with E-state index in [0.717, 1.165) is 0 Å². The van der Waals surface area contributed by atoms with Crippen LogP contribution in [-0.2, 0) is 4.79 Å². The summed E-state index contributed by atoms with van der Waals surface area (Å²) in [6, 6.07) is 13.3. The molecule has 8 nitrogen and oxygen atoms in total. The van der Waals surface area contributed by atoms with Crippen LogP contribution >= 0.6 is 0 Å². The molecule has 0 saturated heterocycles. The summed E-state index contributed by atoms with van der Waals surface area (Å²) >= 11 is 0. The van der Waals surface area contributed by atoms with E-state index in [0.29, 0.717) is 22.8 Å². The molecule has 1 aromatic carbocycles. The highest BCUT2D eigenvalue weighted by atomic mass is 16.3. The Bertz CT molecular complexity index is 995. The van der Waals surface area contributed by atoms with Gasteiger partial charge >= 0.3 is 0 Å². The van der Waals surface area contributed by atoms with Gasteiger partial charge in [-0.1, -0.05) is 12.1 Å². The van der Waals surface area contributed by atoms with Gasteiger partial charge in [-0.15, -0.1) is 0 Å². The number of rotatable bonds is 5. The SMILES string of the molecule is CC(C(=O)N/N=C/c1ccco1)N1C(=O)c2ccccc2NC1c1ccco1. The van der Waals surface area contributed by atoms with Crippen molar-refractivity contribution in [2.75, 3.05) is 5.32 Å². The Morgan fingerprint density at radius 2 is 1.96 bits per heavy atom. The van der Waals surface area contributed by atoms with Gasteiger partial charge in [0.15, 0.2) is 6.17 Å². The fraction of sp³-hybridized carbons (Fsp3) is 0.150. The van der Waals surface area contributed by atoms with Crippen molar-refractivity contribution in [3.8, 4) is 0 Å². The van der Waals surface area contributed by atoms with Crippen molar-refractivity contribution in [3.05, 3.63) is 78.1 Å². The van der Waals surface area contributed by atoms with Gasteiger partial charge in [-0.2, -0.15) is 5.10 Å². The number of fused-ring (bicyclic) bond motifs is 1. The zero-order chi connectivity index (χ0) is 19.5. The van der Waals surface area contributed by atoms with E-state index in [1.807, 2.05) is 12.1 Å². The fourth-order valence-electron chi connectivity index (χ4n) is 3.07. The van der Waals surface area contributed by atoms with Crippen molar-refractivity contribution in [1.29, 1.82) is 0 Å². The van der Waals surface area contributed by atoms with Gasteiger partial charge in [0, 0.05) is 5.69 Å². The summed E-state index contributed by atoms with van der Waals surface area (Å²) in [4.78, 5) is 27.2. The third-order valence-corrected chi connectivity index (χ3v) is 4.48. The van der Waals surface area contributed by atoms with Crippen LogP contribution in [0, 0.1) is 0 Å². The Balaban J connectivity index is 1.59. The fourth-order valence-corrected chi connectivity index (χ4v) is 3.07. The molecule has 0 bridgehead atoms. The highest BCUT2D eigenvalue weighted by Gasteiger charge is 2.39. The molecule has 4 rings (SSSR count). The Hall–Kier alpha value is -3.81. The van der Waals surface area contributed by atoms with Crippen molar-refractivity contribution in [2.45, 2.75) is 19.1 Å². The monoisotopic (exact) mass is 378 g/mol. The summed E-state index contributed by atoms with van der Waals surface area (Å²) < 4.78 is 10.6. The van der Waals surface area contributed by atoms with Gasteiger partial charge < -0.3 is 14.2 Å². The van der Waals surface area contributed by atoms with Gasteiger partial charge in [-0.05, 0) is 43.3 Å². The zero-order valence-corrected chi connectivity index (χ0v) is 15.0. The van der Waals surface area contributed by atoms with E-state index in [9.17, 15) is 9.59 Å². The first-order valence-electron chi connectivity index (χ1n) is 8.73. The molecule has 2 atom stereocenters. The van der Waals surface area contributed by atoms with Crippen molar-refractivity contribution < 1.29 is 18.4 Å². The number of hydrogen-bond acceptors (Lipinski definition) is 6. The van der Waals surface area contributed by atoms with E-state index < -0.39 is 18.1 Å². The van der Waals surface area contributed by atoms with Gasteiger partial charge in [-0.25, -0.2) is 5.43 Å². The first-order valence-corrected chi connectivity index (χ1v) is 8.73. The summed E-state index contributed by atoms with van der Waals surface area (Å²) in [5, 5.41) is 7.16. The molecule has 0 fully saturated rings. The van der Waals surface area contributed by atoms with Crippen molar-refractivity contribution in [3.63, 3.8) is 0 Å². The molecule has 0 aliphatic carbocycles. The Morgan fingerprint density at radius 3 is 2.71 bits per heavy atom. The predicted molar refractivity (Wildman–Crippen MR) is 102 cm³/mol. The minimum Gasteiger partial charge on any atom is -0.465 e. The van der Waals surface area contributed by atoms with Crippen LogP contribution in [-0.4, -0.2) is 29.0 Å². The summed E-state index contributed by atoms with van der Waals surface area (Å²) in [5.74, 6) is 0.329. The number of hydrazone groups is 1. The second kappa shape index (κ2) is 7.43. The lowest BCUT2D eigenvalue weighted by Gasteiger charge is -2.39. The number of amides is 2. The third-order valence-electron chi connectivity index (χ3n) is 4.48. The number of nitrogens with one attached hydrogen (secondary N) is 2. The second-order valence-electron chi connectivity index (χ2n) is 6.25. The van der Waals surface area contributed by atoms with Crippen LogP contribution in [0.5, 0.6) is 0 Å². The highest BCUT2D eigenvalue weighted by molar-refractivity contribution is 6.03. The Labute approximate surface area is 160 Å². The number of benzene rings is 1. The number of hydrogen-bond donors (Lipinski definition) is 2. The predicted octanol–water partition coefficient (Wildman–Crippen LogP) is 2.98. The van der Waals surface area contributed by atoms with Gasteiger partial charge in [0.25, 0.3) is 11.8 Å². The lowest BCUT2D eigenvalue weighted by Crippen LogP contribution is -2.52. The van der Waals surface area contributed by atoms with Gasteiger partial charge in [0.05, 0.1) is 24.3 Å². The summed E-state index contributed by atoms with van der Waals surface area (Å²) in [7, 11) is 0. The van der Waals surface area contributed by atoms with Crippen molar-refractivity contribution in [2.24, 2.45) is 5.10 Å². The molecule has 8 heteroatoms. The molecule has 0 saturated carbocycles. The van der Waals surface area contributed by atoms with Crippen LogP contribution in [0.1, 0.15) is 35.0 Å². The maximum absolute atomic E-state index is 13.1. The number of nitrogens with zero attached hydrogens (tertiary/aromatic N) is 2. The molecule has 0 radical (unpaired) electrons. The van der Waals surface area contributed by atoms with Gasteiger partial charge in [0.1, 0.15) is 17.6 Å². The van der Waals surface area contributed by atoms with E-state index in [-0.39, 0.29) is 5.91 Å². The lowest BCUT2D eigenvalue weighted by atomic mass is 10.0. The minimum atomic E-state index is -0.808. The zero-order valence-electron chi connectivity index (χ0n) is 15.0. The van der Waals surface area contributed by atoms with E-state index in [1.54, 1.807) is 43.3 Å². The van der Waals surface area contributed by atoms with Crippen LogP contribution in [0.2, 0.25) is 0 Å². The Kier molecular flexibility index (Phi) is 4.67. The number of furan rings is 2. The molecule has 28 heavy (non-hydrogen) atoms. The van der Waals surface area contributed by atoms with Crippen molar-refractivity contribution in [1.82, 2.24) is 10.3 Å². The molecule has 2 amide bonds. The lowest BCUT2D eigenvalue weighted by molar-refractivity contribution is -0.125. The van der Waals surface area contributed by atoms with Crippen LogP contribution < -0.4 is 10.7 Å². The van der Waals surface area contributed by atoms with Gasteiger partial charge in [0.2, 0.25) is 0 Å². The van der Waals surface area contributed by atoms with E-state index >= 15 is 0 Å². The summed E-state index contributed by atoms with van der Waals surface area (Å²) in [6.45, 7) is 1.64. The van der Waals surface area contributed by atoms with Crippen LogP contribution in [0.3, 0.4) is 0 Å². The van der Waals surface area contributed by atoms with E-state index in [1.165, 1.54) is 23.6 Å². The number of carbonyl (C=O) groups excluding carboxylic acids is 2. The highest BCUT2D eigenvalue weighted by Crippen LogP contribution is 2.34.